The molecular weight excluding hydrogens is 341 g/mol. The smallest absolute Gasteiger partial charge is 0.307 e. The number of methoxy groups -OCH3 is 1. The fraction of sp³-hybridized carbons (Fsp3) is 0.250. The van der Waals surface area contributed by atoms with Crippen molar-refractivity contribution >= 4 is 11.4 Å². The van der Waals surface area contributed by atoms with E-state index in [0.717, 1.165) is 18.2 Å². The van der Waals surface area contributed by atoms with Crippen LogP contribution in [0.2, 0.25) is 0 Å². The lowest BCUT2D eigenvalue weighted by Crippen LogP contribution is -2.08. The van der Waals surface area contributed by atoms with Crippen molar-refractivity contribution in [3.8, 4) is 11.5 Å². The Morgan fingerprint density at radius 2 is 1.88 bits per heavy atom. The first-order valence-electron chi connectivity index (χ1n) is 7.24. The molecule has 0 aliphatic rings. The maximum Gasteiger partial charge on any atom is 0.307 e. The summed E-state index contributed by atoms with van der Waals surface area (Å²) in [5.41, 5.74) is -0.814. The zero-order valence-electron chi connectivity index (χ0n) is 13.4. The summed E-state index contributed by atoms with van der Waals surface area (Å²) in [6, 6.07) is 3.98. The quantitative estimate of drug-likeness (QED) is 0.599. The van der Waals surface area contributed by atoms with Gasteiger partial charge in [0.15, 0.2) is 11.6 Å². The van der Waals surface area contributed by atoms with Crippen molar-refractivity contribution in [1.29, 1.82) is 0 Å². The van der Waals surface area contributed by atoms with Crippen LogP contribution in [0.15, 0.2) is 24.3 Å². The molecule has 9 heteroatoms. The summed E-state index contributed by atoms with van der Waals surface area (Å²) in [6.07, 6.45) is 0. The van der Waals surface area contributed by atoms with Gasteiger partial charge >= 0.3 is 5.69 Å². The van der Waals surface area contributed by atoms with Gasteiger partial charge in [-0.2, -0.15) is 4.39 Å². The molecule has 0 heterocycles. The zero-order chi connectivity index (χ0) is 18.6. The number of nitro groups is 1. The molecule has 0 atom stereocenters. The van der Waals surface area contributed by atoms with Crippen LogP contribution in [0.4, 0.5) is 24.5 Å². The molecule has 25 heavy (non-hydrogen) atoms. The van der Waals surface area contributed by atoms with E-state index >= 15 is 0 Å². The summed E-state index contributed by atoms with van der Waals surface area (Å²) in [5, 5.41) is 13.5. The Hall–Kier alpha value is -2.97. The van der Waals surface area contributed by atoms with Crippen molar-refractivity contribution in [3.05, 3.63) is 57.4 Å². The van der Waals surface area contributed by atoms with Crippen molar-refractivity contribution in [2.45, 2.75) is 13.5 Å². The molecule has 0 unspecified atom stereocenters. The monoisotopic (exact) mass is 356 g/mol. The number of benzene rings is 2. The van der Waals surface area contributed by atoms with Crippen molar-refractivity contribution in [2.75, 3.05) is 19.0 Å². The lowest BCUT2D eigenvalue weighted by atomic mass is 10.1. The molecule has 0 aromatic heterocycles. The normalized spacial score (nSPS) is 10.4. The van der Waals surface area contributed by atoms with E-state index in [9.17, 15) is 23.3 Å². The second-order valence-corrected chi connectivity index (χ2v) is 4.89. The van der Waals surface area contributed by atoms with Crippen LogP contribution in [-0.4, -0.2) is 18.6 Å². The van der Waals surface area contributed by atoms with Gasteiger partial charge in [-0.05, 0) is 19.1 Å². The lowest BCUT2D eigenvalue weighted by molar-refractivity contribution is -0.387. The molecule has 2 aromatic rings. The Kier molecular flexibility index (Phi) is 5.68. The SMILES string of the molecule is CCOc1ccc(F)c(F)c1CNc1cc([N+](=O)[O-])c(F)cc1OC. The van der Waals surface area contributed by atoms with Crippen molar-refractivity contribution in [2.24, 2.45) is 0 Å². The molecule has 2 aromatic carbocycles. The molecule has 134 valence electrons. The molecule has 0 aliphatic heterocycles. The standard InChI is InChI=1S/C16H15F3N2O4/c1-3-25-14-5-4-10(17)16(19)9(14)8-20-12-7-13(21(22)23)11(18)6-15(12)24-2/h4-7,20H,3,8H2,1-2H3. The van der Waals surface area contributed by atoms with Crippen LogP contribution in [0, 0.1) is 27.6 Å². The van der Waals surface area contributed by atoms with E-state index < -0.39 is 28.1 Å². The van der Waals surface area contributed by atoms with Crippen LogP contribution in [0.25, 0.3) is 0 Å². The van der Waals surface area contributed by atoms with Crippen LogP contribution in [0.1, 0.15) is 12.5 Å². The molecule has 0 fully saturated rings. The Bertz CT molecular complexity index is 799. The second-order valence-electron chi connectivity index (χ2n) is 4.89. The van der Waals surface area contributed by atoms with Crippen LogP contribution >= 0.6 is 0 Å². The molecule has 0 aliphatic carbocycles. The van der Waals surface area contributed by atoms with Gasteiger partial charge in [0.25, 0.3) is 0 Å². The predicted molar refractivity (Wildman–Crippen MR) is 84.5 cm³/mol. The minimum Gasteiger partial charge on any atom is -0.494 e. The number of anilines is 1. The Morgan fingerprint density at radius 3 is 2.48 bits per heavy atom. The highest BCUT2D eigenvalue weighted by Crippen LogP contribution is 2.33. The molecule has 0 spiro atoms. The summed E-state index contributed by atoms with van der Waals surface area (Å²) in [6.45, 7) is 1.67. The summed E-state index contributed by atoms with van der Waals surface area (Å²) in [4.78, 5) is 9.96. The third-order valence-electron chi connectivity index (χ3n) is 3.37. The molecule has 0 radical (unpaired) electrons. The predicted octanol–water partition coefficient (Wildman–Crippen LogP) is 4.03. The second kappa shape index (κ2) is 7.73. The third kappa shape index (κ3) is 3.93. The van der Waals surface area contributed by atoms with Crippen molar-refractivity contribution < 1.29 is 27.6 Å². The molecule has 6 nitrogen and oxygen atoms in total. The molecule has 0 saturated heterocycles. The molecular formula is C16H15F3N2O4. The molecule has 2 rings (SSSR count). The Labute approximate surface area is 141 Å². The van der Waals surface area contributed by atoms with Crippen LogP contribution in [-0.2, 0) is 6.54 Å². The highest BCUT2D eigenvalue weighted by molar-refractivity contribution is 5.62. The average molecular weight is 356 g/mol. The number of hydrogen-bond acceptors (Lipinski definition) is 5. The summed E-state index contributed by atoms with van der Waals surface area (Å²) >= 11 is 0. The molecule has 0 amide bonds. The van der Waals surface area contributed by atoms with Gasteiger partial charge in [0.1, 0.15) is 11.5 Å². The van der Waals surface area contributed by atoms with E-state index in [1.165, 1.54) is 13.2 Å². The van der Waals surface area contributed by atoms with E-state index in [2.05, 4.69) is 5.32 Å². The number of rotatable bonds is 7. The number of ether oxygens (including phenoxy) is 2. The number of nitro benzene ring substituents is 1. The summed E-state index contributed by atoms with van der Waals surface area (Å²) < 4.78 is 51.4. The highest BCUT2D eigenvalue weighted by atomic mass is 19.2. The van der Waals surface area contributed by atoms with Gasteiger partial charge in [-0.1, -0.05) is 0 Å². The zero-order valence-corrected chi connectivity index (χ0v) is 13.4. The van der Waals surface area contributed by atoms with Crippen LogP contribution in [0.3, 0.4) is 0 Å². The first-order chi connectivity index (χ1) is 11.9. The summed E-state index contributed by atoms with van der Waals surface area (Å²) in [7, 11) is 1.25. The minimum atomic E-state index is -1.10. The summed E-state index contributed by atoms with van der Waals surface area (Å²) in [5.74, 6) is -3.12. The number of nitrogens with zero attached hydrogens (tertiary/aromatic N) is 1. The van der Waals surface area contributed by atoms with Gasteiger partial charge in [-0.15, -0.1) is 0 Å². The van der Waals surface area contributed by atoms with E-state index in [1.54, 1.807) is 6.92 Å². The first-order valence-corrected chi connectivity index (χ1v) is 7.24. The minimum absolute atomic E-state index is 0.0159. The largest absolute Gasteiger partial charge is 0.494 e. The van der Waals surface area contributed by atoms with Gasteiger partial charge < -0.3 is 14.8 Å². The van der Waals surface area contributed by atoms with E-state index in [1.807, 2.05) is 0 Å². The van der Waals surface area contributed by atoms with Gasteiger partial charge in [0.05, 0.1) is 29.9 Å². The van der Waals surface area contributed by atoms with Crippen molar-refractivity contribution in [3.63, 3.8) is 0 Å². The average Bonchev–Trinajstić information content (AvgIpc) is 2.58. The molecule has 0 bridgehead atoms. The number of nitrogens with one attached hydrogen (secondary N) is 1. The van der Waals surface area contributed by atoms with Gasteiger partial charge in [-0.3, -0.25) is 10.1 Å². The Morgan fingerprint density at radius 1 is 1.16 bits per heavy atom. The lowest BCUT2D eigenvalue weighted by Gasteiger charge is -2.15. The van der Waals surface area contributed by atoms with E-state index in [4.69, 9.17) is 9.47 Å². The maximum atomic E-state index is 14.0. The molecule has 0 saturated carbocycles. The highest BCUT2D eigenvalue weighted by Gasteiger charge is 2.20. The van der Waals surface area contributed by atoms with E-state index in [0.29, 0.717) is 0 Å². The van der Waals surface area contributed by atoms with Gasteiger partial charge in [0, 0.05) is 18.7 Å². The number of halogens is 3. The van der Waals surface area contributed by atoms with Gasteiger partial charge in [0.2, 0.25) is 5.82 Å². The maximum absolute atomic E-state index is 14.0. The topological polar surface area (TPSA) is 73.6 Å². The Balaban J connectivity index is 2.37. The number of hydrogen-bond donors (Lipinski definition) is 1. The third-order valence-corrected chi connectivity index (χ3v) is 3.37. The van der Waals surface area contributed by atoms with Gasteiger partial charge in [-0.25, -0.2) is 8.78 Å². The van der Waals surface area contributed by atoms with Crippen LogP contribution in [0.5, 0.6) is 11.5 Å². The fourth-order valence-electron chi connectivity index (χ4n) is 2.20. The van der Waals surface area contributed by atoms with E-state index in [-0.39, 0.29) is 35.9 Å². The van der Waals surface area contributed by atoms with Crippen LogP contribution < -0.4 is 14.8 Å². The fourth-order valence-corrected chi connectivity index (χ4v) is 2.20. The first kappa shape index (κ1) is 18.4. The molecule has 1 N–H and O–H groups in total. The van der Waals surface area contributed by atoms with Crippen molar-refractivity contribution in [1.82, 2.24) is 0 Å².